The van der Waals surface area contributed by atoms with E-state index in [4.69, 9.17) is 5.26 Å². The summed E-state index contributed by atoms with van der Waals surface area (Å²) in [6.07, 6.45) is 2.77. The van der Waals surface area contributed by atoms with Gasteiger partial charge in [0.05, 0.1) is 0 Å². The molecule has 0 aliphatic carbocycles. The maximum Gasteiger partial charge on any atom is 0.261 e. The van der Waals surface area contributed by atoms with Gasteiger partial charge in [0.2, 0.25) is 0 Å². The lowest BCUT2D eigenvalue weighted by Gasteiger charge is -2.11. The van der Waals surface area contributed by atoms with Crippen LogP contribution in [0.4, 0.5) is 0 Å². The number of carbonyl (C=O) groups is 1. The van der Waals surface area contributed by atoms with Crippen LogP contribution in [0.5, 0.6) is 0 Å². The second-order valence-electron chi connectivity index (χ2n) is 5.41. The molecule has 0 radical (unpaired) electrons. The number of nitrogens with one attached hydrogen (secondary N) is 1. The molecule has 0 aliphatic heterocycles. The van der Waals surface area contributed by atoms with Crippen LogP contribution < -0.4 is 5.32 Å². The lowest BCUT2D eigenvalue weighted by atomic mass is 10.1. The molecular weight excluding hydrogens is 250 g/mol. The lowest BCUT2D eigenvalue weighted by molar-refractivity contribution is -0.116. The van der Waals surface area contributed by atoms with Crippen LogP contribution in [0.1, 0.15) is 37.2 Å². The van der Waals surface area contributed by atoms with Crippen LogP contribution in [-0.2, 0) is 11.3 Å². The van der Waals surface area contributed by atoms with Crippen LogP contribution in [-0.4, -0.2) is 17.5 Å². The van der Waals surface area contributed by atoms with E-state index in [1.54, 1.807) is 6.08 Å². The zero-order chi connectivity index (χ0) is 15.3. The molecule has 4 heteroatoms. The van der Waals surface area contributed by atoms with E-state index in [9.17, 15) is 4.79 Å². The number of carbonyl (C=O) groups excluding carboxylic acids is 1. The molecule has 0 saturated carbocycles. The van der Waals surface area contributed by atoms with Gasteiger partial charge in [0.25, 0.3) is 5.91 Å². The summed E-state index contributed by atoms with van der Waals surface area (Å²) in [5.41, 5.74) is 3.33. The number of hydrogen-bond donors (Lipinski definition) is 1. The van der Waals surface area contributed by atoms with Gasteiger partial charge in [-0.3, -0.25) is 4.79 Å². The van der Waals surface area contributed by atoms with Crippen molar-refractivity contribution in [2.45, 2.75) is 40.7 Å². The number of hydrogen-bond acceptors (Lipinski definition) is 2. The Kier molecular flexibility index (Phi) is 5.57. The molecule has 0 bridgehead atoms. The molecule has 0 aromatic carbocycles. The first kappa shape index (κ1) is 16.0. The van der Waals surface area contributed by atoms with E-state index in [1.807, 2.05) is 19.1 Å². The van der Waals surface area contributed by atoms with Gasteiger partial charge >= 0.3 is 0 Å². The highest BCUT2D eigenvalue weighted by Gasteiger charge is 2.11. The Morgan fingerprint density at radius 3 is 2.65 bits per heavy atom. The van der Waals surface area contributed by atoms with Crippen LogP contribution in [0.2, 0.25) is 0 Å². The minimum absolute atomic E-state index is 0.136. The van der Waals surface area contributed by atoms with Gasteiger partial charge in [-0.15, -0.1) is 0 Å². The lowest BCUT2D eigenvalue weighted by Crippen LogP contribution is -2.19. The Labute approximate surface area is 121 Å². The maximum absolute atomic E-state index is 11.6. The summed E-state index contributed by atoms with van der Waals surface area (Å²) in [5.74, 6) is 0.301. The molecular formula is C16H23N3O. The minimum Gasteiger partial charge on any atom is -0.354 e. The van der Waals surface area contributed by atoms with Crippen molar-refractivity contribution < 1.29 is 4.79 Å². The van der Waals surface area contributed by atoms with Crippen molar-refractivity contribution in [2.24, 2.45) is 5.92 Å². The number of aromatic nitrogens is 1. The van der Waals surface area contributed by atoms with Crippen molar-refractivity contribution in [1.29, 1.82) is 5.26 Å². The molecule has 0 fully saturated rings. The van der Waals surface area contributed by atoms with Crippen LogP contribution in [0.25, 0.3) is 6.08 Å². The summed E-state index contributed by atoms with van der Waals surface area (Å²) in [5, 5.41) is 11.5. The predicted molar refractivity (Wildman–Crippen MR) is 81.0 cm³/mol. The van der Waals surface area contributed by atoms with Crippen LogP contribution >= 0.6 is 0 Å². The number of amides is 1. The zero-order valence-corrected chi connectivity index (χ0v) is 12.9. The number of nitrogens with zero attached hydrogens (tertiary/aromatic N) is 2. The molecule has 0 aliphatic rings. The van der Waals surface area contributed by atoms with E-state index in [1.165, 1.54) is 7.05 Å². The normalized spacial score (nSPS) is 11.6. The number of rotatable bonds is 5. The third-order valence-electron chi connectivity index (χ3n) is 3.43. The van der Waals surface area contributed by atoms with Crippen molar-refractivity contribution in [3.8, 4) is 6.07 Å². The molecule has 20 heavy (non-hydrogen) atoms. The maximum atomic E-state index is 11.6. The minimum atomic E-state index is -0.348. The molecule has 1 aromatic heterocycles. The topological polar surface area (TPSA) is 57.8 Å². The second kappa shape index (κ2) is 6.95. The first-order valence-corrected chi connectivity index (χ1v) is 6.91. The van der Waals surface area contributed by atoms with Crippen LogP contribution in [0.3, 0.4) is 0 Å². The highest BCUT2D eigenvalue weighted by atomic mass is 16.1. The smallest absolute Gasteiger partial charge is 0.261 e. The van der Waals surface area contributed by atoms with Gasteiger partial charge in [-0.1, -0.05) is 13.8 Å². The number of likely N-dealkylation sites (N-methyl/N-ethyl adjacent to an activating group) is 1. The Morgan fingerprint density at radius 1 is 1.50 bits per heavy atom. The van der Waals surface area contributed by atoms with Gasteiger partial charge in [-0.2, -0.15) is 5.26 Å². The Morgan fingerprint density at radius 2 is 2.15 bits per heavy atom. The predicted octanol–water partition coefficient (Wildman–Crippen LogP) is 2.80. The van der Waals surface area contributed by atoms with Crippen molar-refractivity contribution in [2.75, 3.05) is 7.05 Å². The molecule has 0 atom stereocenters. The van der Waals surface area contributed by atoms with E-state index < -0.39 is 0 Å². The second-order valence-corrected chi connectivity index (χ2v) is 5.41. The molecule has 1 amide bonds. The van der Waals surface area contributed by atoms with Gasteiger partial charge in [-0.25, -0.2) is 0 Å². The first-order chi connectivity index (χ1) is 9.40. The molecule has 1 N–H and O–H groups in total. The van der Waals surface area contributed by atoms with Gasteiger partial charge in [0.1, 0.15) is 11.6 Å². The van der Waals surface area contributed by atoms with Gasteiger partial charge < -0.3 is 9.88 Å². The standard InChI is InChI=1S/C16H23N3O/c1-11(2)6-7-19-12(3)8-14(13(19)4)9-15(10-17)16(20)18-5/h8-9,11H,6-7H2,1-5H3,(H,18,20)/b15-9+. The fourth-order valence-corrected chi connectivity index (χ4v) is 2.14. The highest BCUT2D eigenvalue weighted by Crippen LogP contribution is 2.19. The highest BCUT2D eigenvalue weighted by molar-refractivity contribution is 6.01. The fourth-order valence-electron chi connectivity index (χ4n) is 2.14. The summed E-state index contributed by atoms with van der Waals surface area (Å²) in [7, 11) is 1.53. The average Bonchev–Trinajstić information content (AvgIpc) is 2.67. The van der Waals surface area contributed by atoms with Gasteiger partial charge in [-0.05, 0) is 43.9 Å². The first-order valence-electron chi connectivity index (χ1n) is 6.91. The quantitative estimate of drug-likeness (QED) is 0.662. The van der Waals surface area contributed by atoms with E-state index >= 15 is 0 Å². The molecule has 0 spiro atoms. The summed E-state index contributed by atoms with van der Waals surface area (Å²) in [6, 6.07) is 3.97. The molecule has 108 valence electrons. The van der Waals surface area contributed by atoms with Crippen LogP contribution in [0, 0.1) is 31.1 Å². The Balaban J connectivity index is 3.10. The zero-order valence-electron chi connectivity index (χ0n) is 12.9. The van der Waals surface area contributed by atoms with Crippen molar-refractivity contribution >= 4 is 12.0 Å². The Bertz CT molecular complexity index is 559. The Hall–Kier alpha value is -2.02. The molecule has 0 saturated heterocycles. The van der Waals surface area contributed by atoms with Crippen molar-refractivity contribution in [3.63, 3.8) is 0 Å². The number of aryl methyl sites for hydroxylation is 1. The molecule has 1 rings (SSSR count). The summed E-state index contributed by atoms with van der Waals surface area (Å²) in [6.45, 7) is 9.45. The summed E-state index contributed by atoms with van der Waals surface area (Å²) < 4.78 is 2.24. The fraction of sp³-hybridized carbons (Fsp3) is 0.500. The van der Waals surface area contributed by atoms with E-state index in [2.05, 4.69) is 30.7 Å². The SMILES string of the molecule is CNC(=O)/C(C#N)=C/c1cc(C)n(CCC(C)C)c1C. The van der Waals surface area contributed by atoms with Crippen molar-refractivity contribution in [1.82, 2.24) is 9.88 Å². The van der Waals surface area contributed by atoms with E-state index in [0.717, 1.165) is 29.9 Å². The van der Waals surface area contributed by atoms with Crippen LogP contribution in [0.15, 0.2) is 11.6 Å². The van der Waals surface area contributed by atoms with E-state index in [-0.39, 0.29) is 11.5 Å². The molecule has 1 aromatic rings. The summed E-state index contributed by atoms with van der Waals surface area (Å²) >= 11 is 0. The van der Waals surface area contributed by atoms with Gasteiger partial charge in [0, 0.05) is 25.0 Å². The molecule has 0 unspecified atom stereocenters. The molecule has 4 nitrogen and oxygen atoms in total. The summed E-state index contributed by atoms with van der Waals surface area (Å²) in [4.78, 5) is 11.6. The largest absolute Gasteiger partial charge is 0.354 e. The van der Waals surface area contributed by atoms with E-state index in [0.29, 0.717) is 5.92 Å². The average molecular weight is 273 g/mol. The third-order valence-corrected chi connectivity index (χ3v) is 3.43. The third kappa shape index (κ3) is 3.74. The molecule has 1 heterocycles. The monoisotopic (exact) mass is 273 g/mol. The van der Waals surface area contributed by atoms with Gasteiger partial charge in [0.15, 0.2) is 0 Å². The van der Waals surface area contributed by atoms with Crippen molar-refractivity contribution in [3.05, 3.63) is 28.6 Å². The number of nitriles is 1.